The number of benzene rings is 1. The minimum atomic E-state index is -1.06. The van der Waals surface area contributed by atoms with Gasteiger partial charge in [-0.25, -0.2) is 29.3 Å². The lowest BCUT2D eigenvalue weighted by molar-refractivity contribution is 0.00114. The Morgan fingerprint density at radius 1 is 0.913 bits per heavy atom. The number of hydrogen-bond donors (Lipinski definition) is 1. The largest absolute Gasteiger partial charge is 0.494 e. The maximum Gasteiger partial charge on any atom is 0.419 e. The molecule has 0 atom stereocenters. The Morgan fingerprint density at radius 3 is 2.13 bits per heavy atom. The maximum atomic E-state index is 12.8. The van der Waals surface area contributed by atoms with Crippen molar-refractivity contribution < 1.29 is 33.7 Å². The number of rotatable bonds is 10. The van der Waals surface area contributed by atoms with E-state index >= 15 is 0 Å². The number of imide groups is 1. The van der Waals surface area contributed by atoms with E-state index in [4.69, 9.17) is 24.2 Å². The SMILES string of the molecule is COc1cc(C(=O)O)cc2nc(-c3cc4ccc(Br)nc4n3CCCCCCN(C(=O)OC(C)(C)C)C(=O)OC(C)(C)C)n(C)c12. The van der Waals surface area contributed by atoms with Crippen LogP contribution in [0.2, 0.25) is 0 Å². The number of unbranched alkanes of at least 4 members (excludes halogenated alkanes) is 3. The monoisotopic (exact) mass is 699 g/mol. The number of imidazole rings is 1. The number of pyridine rings is 1. The quantitative estimate of drug-likeness (QED) is 0.130. The topological polar surface area (TPSA) is 138 Å². The highest BCUT2D eigenvalue weighted by atomic mass is 79.9. The van der Waals surface area contributed by atoms with Crippen molar-refractivity contribution in [3.8, 4) is 17.3 Å². The molecule has 4 aromatic rings. The molecule has 0 aliphatic carbocycles. The zero-order valence-electron chi connectivity index (χ0n) is 27.6. The molecule has 0 aliphatic rings. The summed E-state index contributed by atoms with van der Waals surface area (Å²) in [6.07, 6.45) is 1.50. The molecule has 2 amide bonds. The molecule has 12 nitrogen and oxygen atoms in total. The Bertz CT molecular complexity index is 1740. The summed E-state index contributed by atoms with van der Waals surface area (Å²) in [5.41, 5.74) is 1.42. The standard InChI is InChI=1S/C33H42BrN5O7/c1-32(2,3)45-30(42)39(31(43)46-33(4,5)6)16-12-10-9-11-15-38-23(18-20-13-14-25(34)36-27(20)38)28-35-22-17-21(29(40)41)19-24(44-8)26(22)37(28)7/h13-14,17-19H,9-12,15-16H2,1-8H3,(H,40,41). The van der Waals surface area contributed by atoms with E-state index in [0.29, 0.717) is 40.2 Å². The number of fused-ring (bicyclic) bond motifs is 2. The van der Waals surface area contributed by atoms with Gasteiger partial charge in [-0.15, -0.1) is 0 Å². The number of nitrogens with zero attached hydrogens (tertiary/aromatic N) is 5. The van der Waals surface area contributed by atoms with Gasteiger partial charge < -0.3 is 28.5 Å². The Kier molecular flexibility index (Phi) is 10.3. The number of carboxylic acid groups (broad SMARTS) is 1. The third-order valence-electron chi connectivity index (χ3n) is 7.08. The second kappa shape index (κ2) is 13.7. The van der Waals surface area contributed by atoms with Crippen LogP contribution in [0.4, 0.5) is 9.59 Å². The predicted molar refractivity (Wildman–Crippen MR) is 178 cm³/mol. The third kappa shape index (κ3) is 8.17. The lowest BCUT2D eigenvalue weighted by Crippen LogP contribution is -2.44. The van der Waals surface area contributed by atoms with E-state index in [1.165, 1.54) is 13.2 Å². The lowest BCUT2D eigenvalue weighted by Gasteiger charge is -2.28. The van der Waals surface area contributed by atoms with Crippen LogP contribution in [0.3, 0.4) is 0 Å². The molecule has 0 spiro atoms. The van der Waals surface area contributed by atoms with Crippen LogP contribution in [0.15, 0.2) is 34.9 Å². The number of halogens is 1. The highest BCUT2D eigenvalue weighted by Gasteiger charge is 2.30. The average Bonchev–Trinajstić information content (AvgIpc) is 3.46. The minimum Gasteiger partial charge on any atom is -0.494 e. The molecule has 3 heterocycles. The van der Waals surface area contributed by atoms with Crippen molar-refractivity contribution in [1.82, 2.24) is 24.0 Å². The van der Waals surface area contributed by atoms with Gasteiger partial charge in [0.1, 0.15) is 32.7 Å². The van der Waals surface area contributed by atoms with Crippen LogP contribution in [-0.4, -0.2) is 72.1 Å². The summed E-state index contributed by atoms with van der Waals surface area (Å²) in [5, 5.41) is 10.5. The van der Waals surface area contributed by atoms with Crippen molar-refractivity contribution >= 4 is 56.2 Å². The Balaban J connectivity index is 1.53. The van der Waals surface area contributed by atoms with Gasteiger partial charge in [-0.05, 0) is 101 Å². The average molecular weight is 701 g/mol. The first-order valence-electron chi connectivity index (χ1n) is 15.2. The second-order valence-corrected chi connectivity index (χ2v) is 13.9. The summed E-state index contributed by atoms with van der Waals surface area (Å²) in [6.45, 7) is 11.3. The number of carbonyl (C=O) groups is 3. The van der Waals surface area contributed by atoms with Crippen molar-refractivity contribution in [2.75, 3.05) is 13.7 Å². The fourth-order valence-electron chi connectivity index (χ4n) is 5.12. The molecule has 0 saturated heterocycles. The first-order chi connectivity index (χ1) is 21.5. The van der Waals surface area contributed by atoms with Crippen LogP contribution in [-0.2, 0) is 23.1 Å². The summed E-state index contributed by atoms with van der Waals surface area (Å²) in [6, 6.07) is 8.94. The number of aromatic carboxylic acids is 1. The summed E-state index contributed by atoms with van der Waals surface area (Å²) in [4.78, 5) is 48.0. The van der Waals surface area contributed by atoms with Gasteiger partial charge in [0.25, 0.3) is 0 Å². The molecule has 0 aliphatic heterocycles. The fraction of sp³-hybridized carbons (Fsp3) is 0.485. The number of methoxy groups -OCH3 is 1. The second-order valence-electron chi connectivity index (χ2n) is 13.1. The number of carboxylic acids is 1. The first-order valence-corrected chi connectivity index (χ1v) is 16.0. The molecule has 0 bridgehead atoms. The molecule has 13 heteroatoms. The van der Waals surface area contributed by atoms with Gasteiger partial charge in [0.15, 0.2) is 5.82 Å². The van der Waals surface area contributed by atoms with Gasteiger partial charge in [0.2, 0.25) is 0 Å². The van der Waals surface area contributed by atoms with E-state index in [1.807, 2.05) is 29.8 Å². The van der Waals surface area contributed by atoms with Gasteiger partial charge in [0.05, 0.1) is 23.9 Å². The van der Waals surface area contributed by atoms with Gasteiger partial charge in [-0.3, -0.25) is 0 Å². The highest BCUT2D eigenvalue weighted by molar-refractivity contribution is 9.10. The van der Waals surface area contributed by atoms with E-state index in [9.17, 15) is 19.5 Å². The smallest absolute Gasteiger partial charge is 0.419 e. The summed E-state index contributed by atoms with van der Waals surface area (Å²) in [5.74, 6) is 0.0117. The maximum absolute atomic E-state index is 12.8. The van der Waals surface area contributed by atoms with Gasteiger partial charge in [-0.1, -0.05) is 12.8 Å². The van der Waals surface area contributed by atoms with Crippen LogP contribution in [0.5, 0.6) is 5.75 Å². The minimum absolute atomic E-state index is 0.0945. The number of carbonyl (C=O) groups excluding carboxylic acids is 2. The van der Waals surface area contributed by atoms with E-state index in [0.717, 1.165) is 40.9 Å². The van der Waals surface area contributed by atoms with Crippen LogP contribution >= 0.6 is 15.9 Å². The molecule has 1 N–H and O–H groups in total. The number of aryl methyl sites for hydroxylation is 2. The van der Waals surface area contributed by atoms with E-state index in [2.05, 4.69) is 20.5 Å². The van der Waals surface area contributed by atoms with Gasteiger partial charge in [-0.2, -0.15) is 0 Å². The third-order valence-corrected chi connectivity index (χ3v) is 7.52. The lowest BCUT2D eigenvalue weighted by atomic mass is 10.2. The van der Waals surface area contributed by atoms with Crippen LogP contribution in [0.25, 0.3) is 33.6 Å². The fourth-order valence-corrected chi connectivity index (χ4v) is 5.42. The van der Waals surface area contributed by atoms with E-state index in [1.54, 1.807) is 47.6 Å². The first kappa shape index (κ1) is 34.7. The molecule has 0 fully saturated rings. The molecule has 248 valence electrons. The van der Waals surface area contributed by atoms with E-state index in [-0.39, 0.29) is 12.1 Å². The van der Waals surface area contributed by atoms with Gasteiger partial charge >= 0.3 is 18.2 Å². The molecule has 0 saturated carbocycles. The summed E-state index contributed by atoms with van der Waals surface area (Å²) in [7, 11) is 3.38. The Morgan fingerprint density at radius 2 is 1.54 bits per heavy atom. The summed E-state index contributed by atoms with van der Waals surface area (Å²) >= 11 is 3.49. The van der Waals surface area contributed by atoms with Crippen molar-refractivity contribution in [1.29, 1.82) is 0 Å². The Hall–Kier alpha value is -4.13. The molecular formula is C33H42BrN5O7. The van der Waals surface area contributed by atoms with Crippen molar-refractivity contribution in [2.24, 2.45) is 7.05 Å². The van der Waals surface area contributed by atoms with Crippen molar-refractivity contribution in [2.45, 2.75) is 85.0 Å². The molecule has 3 aromatic heterocycles. The predicted octanol–water partition coefficient (Wildman–Crippen LogP) is 7.79. The zero-order valence-corrected chi connectivity index (χ0v) is 29.2. The number of ether oxygens (including phenoxy) is 3. The van der Waals surface area contributed by atoms with Crippen molar-refractivity contribution in [3.63, 3.8) is 0 Å². The molecule has 46 heavy (non-hydrogen) atoms. The van der Waals surface area contributed by atoms with E-state index < -0.39 is 29.4 Å². The molecule has 1 aromatic carbocycles. The van der Waals surface area contributed by atoms with Crippen LogP contribution < -0.4 is 4.74 Å². The molecular weight excluding hydrogens is 658 g/mol. The van der Waals surface area contributed by atoms with Gasteiger partial charge in [0, 0.05) is 25.5 Å². The number of hydrogen-bond acceptors (Lipinski definition) is 8. The highest BCUT2D eigenvalue weighted by Crippen LogP contribution is 2.34. The normalized spacial score (nSPS) is 12.0. The number of aromatic nitrogens is 4. The van der Waals surface area contributed by atoms with Crippen LogP contribution in [0, 0.1) is 0 Å². The number of amides is 2. The van der Waals surface area contributed by atoms with Crippen molar-refractivity contribution in [3.05, 3.63) is 40.5 Å². The summed E-state index contributed by atoms with van der Waals surface area (Å²) < 4.78 is 21.2. The molecule has 0 radical (unpaired) electrons. The zero-order chi connectivity index (χ0) is 34.0. The molecule has 0 unspecified atom stereocenters. The van der Waals surface area contributed by atoms with Crippen LogP contribution in [0.1, 0.15) is 77.6 Å². The molecule has 4 rings (SSSR count). The Labute approximate surface area is 276 Å².